The molecule has 2 aliphatic rings. The van der Waals surface area contributed by atoms with Crippen molar-refractivity contribution < 1.29 is 14.6 Å². The lowest BCUT2D eigenvalue weighted by atomic mass is 9.73. The second-order valence-corrected chi connectivity index (χ2v) is 9.62. The molecule has 4 heteroatoms. The first-order valence-electron chi connectivity index (χ1n) is 11.9. The lowest BCUT2D eigenvalue weighted by Gasteiger charge is -2.32. The molecular formula is C27H39NO3. The molecule has 1 aliphatic heterocycles. The Hall–Kier alpha value is -2.07. The average molecular weight is 426 g/mol. The van der Waals surface area contributed by atoms with E-state index >= 15 is 0 Å². The standard InChI is InChI=1S/C27H39NO3/c1-6-7-8-9-20-15-24(29)27(23-14-19(4)10-12-22(23)18(2)3)25(16-20)31-26(30)13-11-21-17-28(21)5/h14-16,21-23,29H,2,6-13,17H2,1,3-5H3. The third-order valence-corrected chi connectivity index (χ3v) is 6.86. The third kappa shape index (κ3) is 6.22. The molecule has 0 saturated carbocycles. The first kappa shape index (κ1) is 23.6. The summed E-state index contributed by atoms with van der Waals surface area (Å²) in [5.74, 6) is 0.769. The molecule has 0 spiro atoms. The minimum absolute atomic E-state index is 0.0201. The van der Waals surface area contributed by atoms with E-state index in [1.807, 2.05) is 12.1 Å². The zero-order chi connectivity index (χ0) is 22.5. The lowest BCUT2D eigenvalue weighted by molar-refractivity contribution is -0.134. The molecule has 170 valence electrons. The van der Waals surface area contributed by atoms with Crippen LogP contribution in [0, 0.1) is 5.92 Å². The van der Waals surface area contributed by atoms with Crippen LogP contribution in [0.1, 0.15) is 82.8 Å². The largest absolute Gasteiger partial charge is 0.507 e. The molecule has 4 nitrogen and oxygen atoms in total. The van der Waals surface area contributed by atoms with Crippen LogP contribution in [0.15, 0.2) is 35.9 Å². The van der Waals surface area contributed by atoms with Crippen molar-refractivity contribution in [3.05, 3.63) is 47.1 Å². The van der Waals surface area contributed by atoms with Gasteiger partial charge in [-0.3, -0.25) is 4.79 Å². The molecule has 1 aromatic carbocycles. The van der Waals surface area contributed by atoms with Crippen molar-refractivity contribution in [2.24, 2.45) is 5.92 Å². The predicted octanol–water partition coefficient (Wildman–Crippen LogP) is 6.14. The van der Waals surface area contributed by atoms with E-state index in [4.69, 9.17) is 4.74 Å². The van der Waals surface area contributed by atoms with Gasteiger partial charge in [0.05, 0.1) is 0 Å². The van der Waals surface area contributed by atoms with Gasteiger partial charge in [0, 0.05) is 30.5 Å². The number of aryl methyl sites for hydroxylation is 1. The van der Waals surface area contributed by atoms with Gasteiger partial charge in [0.15, 0.2) is 0 Å². The summed E-state index contributed by atoms with van der Waals surface area (Å²) < 4.78 is 5.93. The SMILES string of the molecule is C=C(C)C1CCC(C)=CC1c1c(O)cc(CCCCC)cc1OC(=O)CCC1CN1C. The number of nitrogens with zero attached hydrogens (tertiary/aromatic N) is 1. The Morgan fingerprint density at radius 1 is 1.32 bits per heavy atom. The van der Waals surface area contributed by atoms with Gasteiger partial charge >= 0.3 is 5.97 Å². The first-order valence-corrected chi connectivity index (χ1v) is 11.9. The molecule has 0 aromatic heterocycles. The normalized spacial score (nSPS) is 25.1. The molecule has 31 heavy (non-hydrogen) atoms. The lowest BCUT2D eigenvalue weighted by Crippen LogP contribution is -2.19. The maximum atomic E-state index is 12.7. The molecule has 1 fully saturated rings. The van der Waals surface area contributed by atoms with Gasteiger partial charge in [-0.15, -0.1) is 0 Å². The smallest absolute Gasteiger partial charge is 0.311 e. The number of likely N-dealkylation sites (N-methyl/N-ethyl adjacent to an activating group) is 1. The number of benzene rings is 1. The highest BCUT2D eigenvalue weighted by Crippen LogP contribution is 2.47. The number of unbranched alkanes of at least 4 members (excludes halogenated alkanes) is 2. The summed E-state index contributed by atoms with van der Waals surface area (Å²) in [6.45, 7) is 11.6. The zero-order valence-electron chi connectivity index (χ0n) is 19.7. The number of hydrogen-bond acceptors (Lipinski definition) is 4. The number of ether oxygens (including phenoxy) is 1. The number of esters is 1. The van der Waals surface area contributed by atoms with Crippen molar-refractivity contribution in [2.75, 3.05) is 13.6 Å². The van der Waals surface area contributed by atoms with Crippen LogP contribution in [0.5, 0.6) is 11.5 Å². The summed E-state index contributed by atoms with van der Waals surface area (Å²) in [7, 11) is 2.07. The Labute approximate surface area is 188 Å². The number of phenolic OH excluding ortho intramolecular Hbond substituents is 1. The van der Waals surface area contributed by atoms with Crippen molar-refractivity contribution in [3.63, 3.8) is 0 Å². The van der Waals surface area contributed by atoms with E-state index in [2.05, 4.69) is 45.4 Å². The van der Waals surface area contributed by atoms with Crippen LogP contribution in [-0.4, -0.2) is 35.6 Å². The average Bonchev–Trinajstić information content (AvgIpc) is 3.41. The summed E-state index contributed by atoms with van der Waals surface area (Å²) in [4.78, 5) is 14.9. The number of aromatic hydroxyl groups is 1. The van der Waals surface area contributed by atoms with Crippen LogP contribution in [0.2, 0.25) is 0 Å². The second-order valence-electron chi connectivity index (χ2n) is 9.62. The minimum Gasteiger partial charge on any atom is -0.507 e. The minimum atomic E-state index is -0.213. The molecule has 0 amide bonds. The molecular weight excluding hydrogens is 386 g/mol. The molecule has 4 atom stereocenters. The first-order chi connectivity index (χ1) is 14.8. The van der Waals surface area contributed by atoms with Crippen molar-refractivity contribution in [3.8, 4) is 11.5 Å². The molecule has 4 unspecified atom stereocenters. The highest BCUT2D eigenvalue weighted by Gasteiger charge is 2.32. The van der Waals surface area contributed by atoms with E-state index in [0.717, 1.165) is 68.2 Å². The van der Waals surface area contributed by atoms with Gasteiger partial charge < -0.3 is 14.7 Å². The van der Waals surface area contributed by atoms with E-state index in [9.17, 15) is 9.90 Å². The Kier molecular flexibility index (Phi) is 7.99. The van der Waals surface area contributed by atoms with Gasteiger partial charge in [0.1, 0.15) is 11.5 Å². The maximum Gasteiger partial charge on any atom is 0.311 e. The number of phenols is 1. The highest BCUT2D eigenvalue weighted by atomic mass is 16.5. The van der Waals surface area contributed by atoms with Crippen molar-refractivity contribution >= 4 is 5.97 Å². The Balaban J connectivity index is 1.90. The number of carbonyl (C=O) groups excluding carboxylic acids is 1. The van der Waals surface area contributed by atoms with Crippen molar-refractivity contribution in [1.29, 1.82) is 0 Å². The molecule has 1 saturated heterocycles. The fraction of sp³-hybridized carbons (Fsp3) is 0.593. The molecule has 0 radical (unpaired) electrons. The van der Waals surface area contributed by atoms with Gasteiger partial charge in [-0.05, 0) is 76.6 Å². The predicted molar refractivity (Wildman–Crippen MR) is 127 cm³/mol. The van der Waals surface area contributed by atoms with Crippen molar-refractivity contribution in [2.45, 2.75) is 84.1 Å². The topological polar surface area (TPSA) is 49.5 Å². The van der Waals surface area contributed by atoms with E-state index < -0.39 is 0 Å². The van der Waals surface area contributed by atoms with Gasteiger partial charge in [-0.25, -0.2) is 0 Å². The van der Waals surface area contributed by atoms with E-state index in [1.165, 1.54) is 5.57 Å². The van der Waals surface area contributed by atoms with Gasteiger partial charge in [-0.2, -0.15) is 0 Å². The number of hydrogen-bond donors (Lipinski definition) is 1. The van der Waals surface area contributed by atoms with Gasteiger partial charge in [0.25, 0.3) is 0 Å². The molecule has 1 heterocycles. The summed E-state index contributed by atoms with van der Waals surface area (Å²) in [6.07, 6.45) is 9.72. The Morgan fingerprint density at radius 2 is 2.06 bits per heavy atom. The summed E-state index contributed by atoms with van der Waals surface area (Å²) in [5.41, 5.74) is 4.18. The van der Waals surface area contributed by atoms with Gasteiger partial charge in [0.2, 0.25) is 0 Å². The molecule has 1 N–H and O–H groups in total. The molecule has 3 rings (SSSR count). The monoisotopic (exact) mass is 425 g/mol. The quantitative estimate of drug-likeness (QED) is 0.161. The van der Waals surface area contributed by atoms with Crippen LogP contribution in [0.3, 0.4) is 0 Å². The van der Waals surface area contributed by atoms with Crippen molar-refractivity contribution in [1.82, 2.24) is 4.90 Å². The highest BCUT2D eigenvalue weighted by molar-refractivity contribution is 5.73. The molecule has 0 bridgehead atoms. The summed E-state index contributed by atoms with van der Waals surface area (Å²) >= 11 is 0. The summed E-state index contributed by atoms with van der Waals surface area (Å²) in [6, 6.07) is 4.35. The van der Waals surface area contributed by atoms with Crippen LogP contribution in [0.25, 0.3) is 0 Å². The van der Waals surface area contributed by atoms with E-state index in [1.54, 1.807) is 0 Å². The van der Waals surface area contributed by atoms with Gasteiger partial charge in [-0.1, -0.05) is 43.6 Å². The number of carbonyl (C=O) groups is 1. The maximum absolute atomic E-state index is 12.7. The van der Waals surface area contributed by atoms with E-state index in [0.29, 0.717) is 18.2 Å². The fourth-order valence-corrected chi connectivity index (χ4v) is 4.77. The third-order valence-electron chi connectivity index (χ3n) is 6.86. The zero-order valence-corrected chi connectivity index (χ0v) is 19.7. The number of allylic oxidation sites excluding steroid dienone is 3. The second kappa shape index (κ2) is 10.5. The van der Waals surface area contributed by atoms with Crippen LogP contribution < -0.4 is 4.74 Å². The Bertz CT molecular complexity index is 841. The van der Waals surface area contributed by atoms with E-state index in [-0.39, 0.29) is 23.6 Å². The fourth-order valence-electron chi connectivity index (χ4n) is 4.77. The Morgan fingerprint density at radius 3 is 2.71 bits per heavy atom. The molecule has 1 aromatic rings. The van der Waals surface area contributed by atoms with Crippen LogP contribution in [0.4, 0.5) is 0 Å². The summed E-state index contributed by atoms with van der Waals surface area (Å²) in [5, 5.41) is 11.1. The van der Waals surface area contributed by atoms with Crippen LogP contribution >= 0.6 is 0 Å². The number of rotatable bonds is 10. The van der Waals surface area contributed by atoms with Crippen LogP contribution in [-0.2, 0) is 11.2 Å². The molecule has 1 aliphatic carbocycles.